The van der Waals surface area contributed by atoms with Crippen LogP contribution in [0.1, 0.15) is 72.4 Å². The zero-order valence-corrected chi connectivity index (χ0v) is 24.9. The molecular weight excluding hydrogens is 478 g/mol. The number of benzene rings is 2. The predicted octanol–water partition coefficient (Wildman–Crippen LogP) is 7.46. The molecule has 2 heteroatoms. The summed E-state index contributed by atoms with van der Waals surface area (Å²) in [6.07, 6.45) is 9.26. The van der Waals surface area contributed by atoms with Crippen LogP contribution in [0.5, 0.6) is 0 Å². The first kappa shape index (κ1) is 26.3. The molecule has 0 fully saturated rings. The second-order valence-corrected chi connectivity index (χ2v) is 25.3. The molecule has 0 amide bonds. The molecule has 0 saturated carbocycles. The molecule has 0 aromatic heterocycles. The quantitative estimate of drug-likeness (QED) is 0.237. The molecule has 0 heterocycles. The van der Waals surface area contributed by atoms with Crippen molar-refractivity contribution >= 4 is 36.0 Å². The molecular formula is C29H45BSn. The minimum atomic E-state index is -2.39. The summed E-state index contributed by atoms with van der Waals surface area (Å²) < 4.78 is 1.79. The average Bonchev–Trinajstić information content (AvgIpc) is 2.61. The van der Waals surface area contributed by atoms with Gasteiger partial charge in [-0.2, -0.15) is 0 Å². The monoisotopic (exact) mass is 524 g/mol. The Kier molecular flexibility index (Phi) is 9.55. The van der Waals surface area contributed by atoms with Gasteiger partial charge in [0.25, 0.3) is 0 Å². The summed E-state index contributed by atoms with van der Waals surface area (Å²) >= 11 is -2.39. The van der Waals surface area contributed by atoms with Gasteiger partial charge in [0, 0.05) is 0 Å². The van der Waals surface area contributed by atoms with Crippen LogP contribution >= 0.6 is 0 Å². The van der Waals surface area contributed by atoms with Crippen LogP contribution in [0.4, 0.5) is 0 Å². The van der Waals surface area contributed by atoms with E-state index in [0.717, 1.165) is 0 Å². The van der Waals surface area contributed by atoms with Gasteiger partial charge in [-0.3, -0.25) is 0 Å². The van der Waals surface area contributed by atoms with E-state index >= 15 is 0 Å². The van der Waals surface area contributed by atoms with E-state index in [0.29, 0.717) is 6.71 Å². The van der Waals surface area contributed by atoms with Crippen molar-refractivity contribution in [1.82, 2.24) is 0 Å². The summed E-state index contributed by atoms with van der Waals surface area (Å²) in [5, 5.41) is 0. The first-order valence-electron chi connectivity index (χ1n) is 12.3. The standard InChI is InChI=1S/C26H36B.3CH3.Sn/c1-8-9-10-11-12-13-14-27(25-21(4)15-19(2)16-22(25)5)26-23(6)17-20(3)18-24(26)7;;;;/h13,15-18H,8-12H2,1-7H3;3*1H3;. The molecule has 0 saturated heterocycles. The number of hydrogen-bond acceptors (Lipinski definition) is 0. The van der Waals surface area contributed by atoms with Crippen LogP contribution in [0.25, 0.3) is 0 Å². The molecule has 0 atom stereocenters. The third-order valence-electron chi connectivity index (χ3n) is 6.65. The maximum absolute atomic E-state index is 2.69. The number of rotatable bonds is 9. The molecule has 168 valence electrons. The van der Waals surface area contributed by atoms with Gasteiger partial charge >= 0.3 is 199 Å². The van der Waals surface area contributed by atoms with Gasteiger partial charge < -0.3 is 0 Å². The van der Waals surface area contributed by atoms with Gasteiger partial charge in [0.05, 0.1) is 0 Å². The Morgan fingerprint density at radius 2 is 1.13 bits per heavy atom. The molecule has 0 unspecified atom stereocenters. The fraction of sp³-hybridized carbons (Fsp3) is 0.517. The van der Waals surface area contributed by atoms with Crippen molar-refractivity contribution in [2.24, 2.45) is 0 Å². The second-order valence-electron chi connectivity index (χ2n) is 10.8. The fourth-order valence-electron chi connectivity index (χ4n) is 5.43. The van der Waals surface area contributed by atoms with Crippen molar-refractivity contribution in [2.45, 2.75) is 95.4 Å². The third-order valence-corrected chi connectivity index (χ3v) is 13.0. The molecule has 0 aliphatic carbocycles. The van der Waals surface area contributed by atoms with E-state index in [1.807, 2.05) is 0 Å². The molecule has 0 radical (unpaired) electrons. The molecule has 0 bridgehead atoms. The normalized spacial score (nSPS) is 12.4. The van der Waals surface area contributed by atoms with Gasteiger partial charge in [-0.25, -0.2) is 0 Å². The zero-order valence-electron chi connectivity index (χ0n) is 22.0. The van der Waals surface area contributed by atoms with Gasteiger partial charge in [-0.15, -0.1) is 0 Å². The number of allylic oxidation sites excluding steroid dienone is 1. The minimum absolute atomic E-state index is 0.406. The molecule has 2 rings (SSSR count). The first-order valence-corrected chi connectivity index (χ1v) is 22.3. The third kappa shape index (κ3) is 6.76. The number of hydrogen-bond donors (Lipinski definition) is 0. The fourth-order valence-corrected chi connectivity index (χ4v) is 10.9. The Morgan fingerprint density at radius 1 is 0.710 bits per heavy atom. The topological polar surface area (TPSA) is 0 Å². The summed E-state index contributed by atoms with van der Waals surface area (Å²) in [6.45, 7) is 16.5. The summed E-state index contributed by atoms with van der Waals surface area (Å²) in [4.78, 5) is 7.83. The van der Waals surface area contributed by atoms with E-state index in [-0.39, 0.29) is 0 Å². The Bertz CT molecular complexity index is 827. The Balaban J connectivity index is 2.76. The molecule has 2 aromatic rings. The van der Waals surface area contributed by atoms with Crippen LogP contribution in [0.3, 0.4) is 0 Å². The summed E-state index contributed by atoms with van der Waals surface area (Å²) in [5.74, 6) is 0. The van der Waals surface area contributed by atoms with Gasteiger partial charge in [-0.05, 0) is 0 Å². The molecule has 31 heavy (non-hydrogen) atoms. The predicted molar refractivity (Wildman–Crippen MR) is 147 cm³/mol. The second kappa shape index (κ2) is 11.3. The zero-order chi connectivity index (χ0) is 23.3. The van der Waals surface area contributed by atoms with Crippen molar-refractivity contribution in [3.05, 3.63) is 67.2 Å². The van der Waals surface area contributed by atoms with Crippen LogP contribution in [-0.4, -0.2) is 25.1 Å². The van der Waals surface area contributed by atoms with E-state index < -0.39 is 18.4 Å². The summed E-state index contributed by atoms with van der Waals surface area (Å²) in [5.41, 5.74) is 11.7. The number of unbranched alkanes of at least 4 members (excludes halogenated alkanes) is 4. The average molecular weight is 523 g/mol. The Labute approximate surface area is 197 Å². The number of aryl methyl sites for hydroxylation is 6. The Hall–Kier alpha value is -0.956. The van der Waals surface area contributed by atoms with Crippen LogP contribution < -0.4 is 10.9 Å². The van der Waals surface area contributed by atoms with Crippen molar-refractivity contribution in [3.8, 4) is 0 Å². The van der Waals surface area contributed by atoms with Crippen molar-refractivity contribution < 1.29 is 0 Å². The van der Waals surface area contributed by atoms with Gasteiger partial charge in [-0.1, -0.05) is 0 Å². The molecule has 0 aliphatic rings. The molecule has 0 N–H and O–H groups in total. The van der Waals surface area contributed by atoms with Gasteiger partial charge in [0.1, 0.15) is 0 Å². The summed E-state index contributed by atoms with van der Waals surface area (Å²) in [6, 6.07) is 9.58. The van der Waals surface area contributed by atoms with Crippen molar-refractivity contribution in [2.75, 3.05) is 0 Å². The van der Waals surface area contributed by atoms with Crippen molar-refractivity contribution in [1.29, 1.82) is 0 Å². The Morgan fingerprint density at radius 3 is 1.48 bits per heavy atom. The van der Waals surface area contributed by atoms with Crippen molar-refractivity contribution in [3.63, 3.8) is 0 Å². The maximum atomic E-state index is 2.69. The van der Waals surface area contributed by atoms with Crippen LogP contribution in [0.15, 0.2) is 33.8 Å². The van der Waals surface area contributed by atoms with Crippen LogP contribution in [0.2, 0.25) is 14.8 Å². The molecule has 0 spiro atoms. The molecule has 0 nitrogen and oxygen atoms in total. The van der Waals surface area contributed by atoms with Crippen LogP contribution in [0, 0.1) is 41.5 Å². The van der Waals surface area contributed by atoms with E-state index in [2.05, 4.69) is 93.6 Å². The first-order chi connectivity index (χ1) is 14.5. The van der Waals surface area contributed by atoms with E-state index in [1.165, 1.54) is 65.5 Å². The molecule has 0 aliphatic heterocycles. The molecule has 2 aromatic carbocycles. The van der Waals surface area contributed by atoms with Gasteiger partial charge in [0.2, 0.25) is 0 Å². The van der Waals surface area contributed by atoms with E-state index in [4.69, 9.17) is 0 Å². The van der Waals surface area contributed by atoms with Gasteiger partial charge in [0.15, 0.2) is 0 Å². The summed E-state index contributed by atoms with van der Waals surface area (Å²) in [7, 11) is 0. The SMILES string of the molecule is CCCCCC/C=[C](/B(c1c(C)cc(C)cc1C)c1c(C)cc(C)cc1C)[Sn]([CH3])([CH3])[CH3]. The van der Waals surface area contributed by atoms with E-state index in [1.54, 1.807) is 14.4 Å². The van der Waals surface area contributed by atoms with E-state index in [9.17, 15) is 0 Å². The van der Waals surface area contributed by atoms with Crippen LogP contribution in [-0.2, 0) is 0 Å².